The molecule has 2 fully saturated rings. The maximum Gasteiger partial charge on any atom is 0.249 e. The quantitative estimate of drug-likeness (QED) is 0.573. The van der Waals surface area contributed by atoms with Gasteiger partial charge in [0.25, 0.3) is 0 Å². The van der Waals surface area contributed by atoms with E-state index in [0.717, 1.165) is 48.8 Å². The summed E-state index contributed by atoms with van der Waals surface area (Å²) in [6, 6.07) is 14.8. The molecule has 1 atom stereocenters. The van der Waals surface area contributed by atoms with Crippen LogP contribution >= 0.6 is 12.2 Å². The number of carbonyl (C=O) groups is 2. The Morgan fingerprint density at radius 2 is 1.84 bits per heavy atom. The Labute approximate surface area is 194 Å². The molecule has 0 spiro atoms. The molecule has 1 N–H and O–H groups in total. The third-order valence-electron chi connectivity index (χ3n) is 6.83. The van der Waals surface area contributed by atoms with E-state index in [1.165, 1.54) is 16.8 Å². The first-order valence-corrected chi connectivity index (χ1v) is 11.7. The maximum atomic E-state index is 12.3. The van der Waals surface area contributed by atoms with Gasteiger partial charge in [-0.3, -0.25) is 19.8 Å². The van der Waals surface area contributed by atoms with Crippen molar-refractivity contribution in [3.63, 3.8) is 0 Å². The Kier molecular flexibility index (Phi) is 5.69. The first kappa shape index (κ1) is 21.1. The average Bonchev–Trinajstić information content (AvgIpc) is 3.11. The molecule has 3 heterocycles. The first-order chi connectivity index (χ1) is 15.5. The highest BCUT2D eigenvalue weighted by molar-refractivity contribution is 7.80. The molecule has 6 nitrogen and oxygen atoms in total. The number of piperazine rings is 1. The van der Waals surface area contributed by atoms with Crippen molar-refractivity contribution in [1.29, 1.82) is 0 Å². The predicted octanol–water partition coefficient (Wildman–Crippen LogP) is 2.61. The fourth-order valence-corrected chi connectivity index (χ4v) is 5.41. The van der Waals surface area contributed by atoms with Crippen LogP contribution < -0.4 is 10.2 Å². The molecule has 32 heavy (non-hydrogen) atoms. The Morgan fingerprint density at radius 3 is 2.59 bits per heavy atom. The molecule has 0 aromatic heterocycles. The fraction of sp³-hybridized carbons (Fsp3) is 0.400. The van der Waals surface area contributed by atoms with Gasteiger partial charge in [0.2, 0.25) is 11.8 Å². The number of nitrogens with zero attached hydrogens (tertiary/aromatic N) is 3. The highest BCUT2D eigenvalue weighted by atomic mass is 32.1. The van der Waals surface area contributed by atoms with E-state index < -0.39 is 0 Å². The van der Waals surface area contributed by atoms with Crippen LogP contribution in [0.15, 0.2) is 42.5 Å². The number of imide groups is 1. The van der Waals surface area contributed by atoms with E-state index in [4.69, 9.17) is 12.2 Å². The summed E-state index contributed by atoms with van der Waals surface area (Å²) in [5.41, 5.74) is 6.13. The van der Waals surface area contributed by atoms with Crippen LogP contribution in [0.1, 0.15) is 35.1 Å². The number of thiocarbonyl (C=S) groups is 1. The molecule has 2 saturated heterocycles. The largest absolute Gasteiger partial charge is 0.369 e. The summed E-state index contributed by atoms with van der Waals surface area (Å²) in [7, 11) is 0. The average molecular weight is 449 g/mol. The van der Waals surface area contributed by atoms with Crippen molar-refractivity contribution in [3.05, 3.63) is 64.7 Å². The third kappa shape index (κ3) is 4.02. The number of hydrogen-bond donors (Lipinski definition) is 1. The summed E-state index contributed by atoms with van der Waals surface area (Å²) in [5, 5.41) is 2.45. The van der Waals surface area contributed by atoms with E-state index in [1.54, 1.807) is 0 Å². The number of rotatable bonds is 4. The second-order valence-electron chi connectivity index (χ2n) is 8.94. The molecule has 0 saturated carbocycles. The van der Waals surface area contributed by atoms with Gasteiger partial charge in [-0.2, -0.15) is 0 Å². The van der Waals surface area contributed by atoms with E-state index in [0.29, 0.717) is 19.4 Å². The molecule has 0 aliphatic carbocycles. The zero-order chi connectivity index (χ0) is 22.2. The van der Waals surface area contributed by atoms with E-state index in [1.807, 2.05) is 4.90 Å². The summed E-state index contributed by atoms with van der Waals surface area (Å²) in [6.07, 6.45) is 0.891. The smallest absolute Gasteiger partial charge is 0.249 e. The van der Waals surface area contributed by atoms with Crippen LogP contribution in [0, 0.1) is 6.92 Å². The number of fused-ring (bicyclic) bond motifs is 1. The van der Waals surface area contributed by atoms with Gasteiger partial charge in [0.1, 0.15) is 11.0 Å². The normalized spacial score (nSPS) is 21.7. The maximum absolute atomic E-state index is 12.3. The SMILES string of the molecule is Cc1ccccc1N1CCN(Cc2ccc3c(c2)C(=S)N(C2CCC(=O)NC2=O)C3)CC1. The third-order valence-corrected chi connectivity index (χ3v) is 7.28. The fourth-order valence-electron chi connectivity index (χ4n) is 5.02. The number of anilines is 1. The molecule has 2 aromatic carbocycles. The van der Waals surface area contributed by atoms with Gasteiger partial charge in [-0.05, 0) is 42.2 Å². The lowest BCUT2D eigenvalue weighted by Gasteiger charge is -2.36. The number of piperidine rings is 1. The number of para-hydroxylation sites is 1. The standard InChI is InChI=1S/C25H28N4O2S/c1-17-4-2-3-5-21(17)28-12-10-27(11-13-28)15-18-6-7-19-16-29(25(32)20(19)14-18)22-8-9-23(30)26-24(22)31/h2-7,14,22H,8-13,15-16H2,1H3,(H,26,30,31). The summed E-state index contributed by atoms with van der Waals surface area (Å²) < 4.78 is 0. The molecule has 5 rings (SSSR count). The topological polar surface area (TPSA) is 55.9 Å². The van der Waals surface area contributed by atoms with Crippen LogP contribution in [0.3, 0.4) is 0 Å². The van der Waals surface area contributed by atoms with Crippen LogP contribution in [0.5, 0.6) is 0 Å². The van der Waals surface area contributed by atoms with Gasteiger partial charge in [-0.25, -0.2) is 0 Å². The second-order valence-corrected chi connectivity index (χ2v) is 9.33. The van der Waals surface area contributed by atoms with Crippen LogP contribution in [-0.4, -0.2) is 58.8 Å². The zero-order valence-electron chi connectivity index (χ0n) is 18.3. The van der Waals surface area contributed by atoms with Gasteiger partial charge < -0.3 is 9.80 Å². The van der Waals surface area contributed by atoms with Crippen LogP contribution in [0.2, 0.25) is 0 Å². The van der Waals surface area contributed by atoms with E-state index in [2.05, 4.69) is 64.5 Å². The predicted molar refractivity (Wildman–Crippen MR) is 129 cm³/mol. The van der Waals surface area contributed by atoms with Crippen molar-refractivity contribution in [1.82, 2.24) is 15.1 Å². The molecule has 3 aliphatic heterocycles. The van der Waals surface area contributed by atoms with Crippen LogP contribution in [-0.2, 0) is 22.7 Å². The Hall–Kier alpha value is -2.77. The van der Waals surface area contributed by atoms with E-state index in [-0.39, 0.29) is 17.9 Å². The molecule has 166 valence electrons. The van der Waals surface area contributed by atoms with Crippen molar-refractivity contribution >= 4 is 34.7 Å². The first-order valence-electron chi connectivity index (χ1n) is 11.3. The Bertz CT molecular complexity index is 1080. The van der Waals surface area contributed by atoms with E-state index in [9.17, 15) is 9.59 Å². The lowest BCUT2D eigenvalue weighted by atomic mass is 10.0. The molecule has 7 heteroatoms. The number of benzene rings is 2. The highest BCUT2D eigenvalue weighted by Gasteiger charge is 2.37. The Balaban J connectivity index is 1.22. The van der Waals surface area contributed by atoms with Crippen LogP contribution in [0.4, 0.5) is 5.69 Å². The van der Waals surface area contributed by atoms with Crippen molar-refractivity contribution in [2.24, 2.45) is 0 Å². The van der Waals surface area contributed by atoms with Crippen molar-refractivity contribution in [3.8, 4) is 0 Å². The molecule has 0 bridgehead atoms. The number of carbonyl (C=O) groups excluding carboxylic acids is 2. The summed E-state index contributed by atoms with van der Waals surface area (Å²) in [4.78, 5) is 31.5. The summed E-state index contributed by atoms with van der Waals surface area (Å²) in [6.45, 7) is 7.81. The minimum absolute atomic E-state index is 0.196. The number of aryl methyl sites for hydroxylation is 1. The van der Waals surface area contributed by atoms with E-state index >= 15 is 0 Å². The van der Waals surface area contributed by atoms with Gasteiger partial charge in [0.15, 0.2) is 0 Å². The summed E-state index contributed by atoms with van der Waals surface area (Å²) >= 11 is 5.75. The number of amides is 2. The van der Waals surface area contributed by atoms with Gasteiger partial charge in [-0.1, -0.05) is 42.5 Å². The van der Waals surface area contributed by atoms with Gasteiger partial charge in [0.05, 0.1) is 0 Å². The van der Waals surface area contributed by atoms with Gasteiger partial charge in [-0.15, -0.1) is 0 Å². The minimum Gasteiger partial charge on any atom is -0.369 e. The lowest BCUT2D eigenvalue weighted by Crippen LogP contribution is -2.52. The molecular weight excluding hydrogens is 420 g/mol. The Morgan fingerprint density at radius 1 is 1.06 bits per heavy atom. The summed E-state index contributed by atoms with van der Waals surface area (Å²) in [5.74, 6) is -0.429. The number of hydrogen-bond acceptors (Lipinski definition) is 5. The lowest BCUT2D eigenvalue weighted by molar-refractivity contribution is -0.136. The molecule has 0 radical (unpaired) electrons. The number of nitrogens with one attached hydrogen (secondary N) is 1. The monoisotopic (exact) mass is 448 g/mol. The minimum atomic E-state index is -0.356. The van der Waals surface area contributed by atoms with Crippen molar-refractivity contribution in [2.45, 2.75) is 38.9 Å². The van der Waals surface area contributed by atoms with Crippen LogP contribution in [0.25, 0.3) is 0 Å². The highest BCUT2D eigenvalue weighted by Crippen LogP contribution is 2.29. The van der Waals surface area contributed by atoms with Crippen molar-refractivity contribution in [2.75, 3.05) is 31.1 Å². The molecule has 1 unspecified atom stereocenters. The van der Waals surface area contributed by atoms with Gasteiger partial charge >= 0.3 is 0 Å². The zero-order valence-corrected chi connectivity index (χ0v) is 19.2. The van der Waals surface area contributed by atoms with Gasteiger partial charge in [0, 0.05) is 56.9 Å². The molecule has 3 aliphatic rings. The van der Waals surface area contributed by atoms with Crippen molar-refractivity contribution < 1.29 is 9.59 Å². The molecular formula is C25H28N4O2S. The molecule has 2 aromatic rings. The second kappa shape index (κ2) is 8.64. The molecule has 2 amide bonds.